The van der Waals surface area contributed by atoms with Gasteiger partial charge in [0.05, 0.1) is 0 Å². The van der Waals surface area contributed by atoms with Crippen molar-refractivity contribution < 1.29 is 9.53 Å². The highest BCUT2D eigenvalue weighted by Crippen LogP contribution is 2.18. The van der Waals surface area contributed by atoms with Crippen molar-refractivity contribution in [1.29, 1.82) is 0 Å². The fraction of sp³-hybridized carbons (Fsp3) is 0.350. The number of hydrogen-bond acceptors (Lipinski definition) is 2. The summed E-state index contributed by atoms with van der Waals surface area (Å²) < 4.78 is 5.85. The van der Waals surface area contributed by atoms with Crippen LogP contribution >= 0.6 is 0 Å². The van der Waals surface area contributed by atoms with Crippen molar-refractivity contribution in [2.24, 2.45) is 0 Å². The highest BCUT2D eigenvalue weighted by molar-refractivity contribution is 5.94. The van der Waals surface area contributed by atoms with Crippen LogP contribution in [-0.4, -0.2) is 12.0 Å². The van der Waals surface area contributed by atoms with E-state index < -0.39 is 6.10 Å². The molecule has 2 rings (SSSR count). The molecular formula is C20H25NO2. The summed E-state index contributed by atoms with van der Waals surface area (Å²) in [6, 6.07) is 13.9. The summed E-state index contributed by atoms with van der Waals surface area (Å²) in [5.74, 6) is 0.613. The smallest absolute Gasteiger partial charge is 0.265 e. The van der Waals surface area contributed by atoms with Gasteiger partial charge in [0.25, 0.3) is 5.91 Å². The number of benzene rings is 2. The Bertz CT molecular complexity index is 642. The normalized spacial score (nSPS) is 11.8. The molecular weight excluding hydrogens is 286 g/mol. The van der Waals surface area contributed by atoms with Crippen LogP contribution in [0.25, 0.3) is 0 Å². The molecule has 1 amide bonds. The predicted octanol–water partition coefficient (Wildman–Crippen LogP) is 4.66. The number of nitrogens with one attached hydrogen (secondary N) is 1. The Morgan fingerprint density at radius 2 is 1.65 bits per heavy atom. The molecule has 0 bridgehead atoms. The molecule has 0 aromatic heterocycles. The van der Waals surface area contributed by atoms with Crippen LogP contribution in [0.4, 0.5) is 5.69 Å². The predicted molar refractivity (Wildman–Crippen MR) is 95.1 cm³/mol. The molecule has 23 heavy (non-hydrogen) atoms. The second-order valence-electron chi connectivity index (χ2n) is 5.88. The van der Waals surface area contributed by atoms with Crippen molar-refractivity contribution in [3.63, 3.8) is 0 Å². The van der Waals surface area contributed by atoms with Crippen molar-refractivity contribution in [2.75, 3.05) is 5.32 Å². The maximum absolute atomic E-state index is 12.5. The SMILES string of the molecule is CCc1ccc(OC(CC)C(=O)Nc2cc(C)cc(C)c2)cc1. The molecule has 0 aliphatic rings. The van der Waals surface area contributed by atoms with Gasteiger partial charge in [-0.2, -0.15) is 0 Å². The number of anilines is 1. The highest BCUT2D eigenvalue weighted by atomic mass is 16.5. The molecule has 122 valence electrons. The monoisotopic (exact) mass is 311 g/mol. The Balaban J connectivity index is 2.05. The van der Waals surface area contributed by atoms with Crippen LogP contribution in [0, 0.1) is 13.8 Å². The number of carbonyl (C=O) groups excluding carboxylic acids is 1. The average molecular weight is 311 g/mol. The van der Waals surface area contributed by atoms with Gasteiger partial charge >= 0.3 is 0 Å². The Morgan fingerprint density at radius 1 is 1.04 bits per heavy atom. The Hall–Kier alpha value is -2.29. The molecule has 0 radical (unpaired) electrons. The standard InChI is InChI=1S/C20H25NO2/c1-5-16-7-9-18(10-8-16)23-19(6-2)20(22)21-17-12-14(3)11-15(4)13-17/h7-13,19H,5-6H2,1-4H3,(H,21,22). The molecule has 0 aliphatic heterocycles. The summed E-state index contributed by atoms with van der Waals surface area (Å²) in [4.78, 5) is 12.5. The lowest BCUT2D eigenvalue weighted by Crippen LogP contribution is -2.32. The van der Waals surface area contributed by atoms with Crippen LogP contribution in [0.3, 0.4) is 0 Å². The lowest BCUT2D eigenvalue weighted by Gasteiger charge is -2.18. The Kier molecular flexibility index (Phi) is 5.80. The van der Waals surface area contributed by atoms with Gasteiger partial charge in [0.15, 0.2) is 6.10 Å². The number of amides is 1. The summed E-state index contributed by atoms with van der Waals surface area (Å²) in [6.07, 6.45) is 1.11. The Morgan fingerprint density at radius 3 is 2.17 bits per heavy atom. The van der Waals surface area contributed by atoms with Crippen LogP contribution in [0.5, 0.6) is 5.75 Å². The summed E-state index contributed by atoms with van der Waals surface area (Å²) in [6.45, 7) is 8.10. The molecule has 1 unspecified atom stereocenters. The van der Waals surface area contributed by atoms with Gasteiger partial charge < -0.3 is 10.1 Å². The first-order chi connectivity index (χ1) is 11.0. The molecule has 3 heteroatoms. The van der Waals surface area contributed by atoms with Gasteiger partial charge in [-0.15, -0.1) is 0 Å². The van der Waals surface area contributed by atoms with Gasteiger partial charge in [-0.3, -0.25) is 4.79 Å². The lowest BCUT2D eigenvalue weighted by molar-refractivity contribution is -0.122. The molecule has 1 N–H and O–H groups in total. The summed E-state index contributed by atoms with van der Waals surface area (Å²) in [5.41, 5.74) is 4.33. The van der Waals surface area contributed by atoms with Crippen LogP contribution in [-0.2, 0) is 11.2 Å². The van der Waals surface area contributed by atoms with Gasteiger partial charge in [-0.1, -0.05) is 32.0 Å². The minimum atomic E-state index is -0.497. The molecule has 0 saturated heterocycles. The van der Waals surface area contributed by atoms with Crippen molar-refractivity contribution in [2.45, 2.75) is 46.6 Å². The molecule has 0 heterocycles. The summed E-state index contributed by atoms with van der Waals surface area (Å²) in [7, 11) is 0. The van der Waals surface area contributed by atoms with Gasteiger partial charge in [0.1, 0.15) is 5.75 Å². The fourth-order valence-corrected chi connectivity index (χ4v) is 2.56. The molecule has 2 aromatic rings. The maximum atomic E-state index is 12.5. The largest absolute Gasteiger partial charge is 0.481 e. The van der Waals surface area contributed by atoms with Crippen LogP contribution in [0.15, 0.2) is 42.5 Å². The fourth-order valence-electron chi connectivity index (χ4n) is 2.56. The van der Waals surface area contributed by atoms with Crippen LogP contribution in [0.2, 0.25) is 0 Å². The van der Waals surface area contributed by atoms with E-state index in [1.165, 1.54) is 5.56 Å². The van der Waals surface area contributed by atoms with Gasteiger partial charge in [-0.25, -0.2) is 0 Å². The summed E-state index contributed by atoms with van der Waals surface area (Å²) in [5, 5.41) is 2.95. The minimum absolute atomic E-state index is 0.114. The van der Waals surface area contributed by atoms with Crippen molar-refractivity contribution in [3.8, 4) is 5.75 Å². The number of hydrogen-bond donors (Lipinski definition) is 1. The van der Waals surface area contributed by atoms with E-state index in [1.54, 1.807) is 0 Å². The molecule has 2 aromatic carbocycles. The van der Waals surface area contributed by atoms with Gasteiger partial charge in [0.2, 0.25) is 0 Å². The Labute approximate surface area is 138 Å². The quantitative estimate of drug-likeness (QED) is 0.842. The third-order valence-corrected chi connectivity index (χ3v) is 3.76. The van der Waals surface area contributed by atoms with Crippen LogP contribution < -0.4 is 10.1 Å². The van der Waals surface area contributed by atoms with Crippen molar-refractivity contribution in [1.82, 2.24) is 0 Å². The molecule has 0 fully saturated rings. The second-order valence-corrected chi connectivity index (χ2v) is 5.88. The molecule has 0 spiro atoms. The number of ether oxygens (including phenoxy) is 1. The van der Waals surface area contributed by atoms with Crippen LogP contribution in [0.1, 0.15) is 37.0 Å². The van der Waals surface area contributed by atoms with E-state index in [1.807, 2.05) is 57.2 Å². The van der Waals surface area contributed by atoms with Gasteiger partial charge in [-0.05, 0) is 67.6 Å². The number of rotatable bonds is 6. The van der Waals surface area contributed by atoms with E-state index in [0.717, 1.165) is 29.0 Å². The minimum Gasteiger partial charge on any atom is -0.481 e. The number of carbonyl (C=O) groups is 1. The highest BCUT2D eigenvalue weighted by Gasteiger charge is 2.18. The van der Waals surface area contributed by atoms with E-state index in [2.05, 4.69) is 18.3 Å². The lowest BCUT2D eigenvalue weighted by atomic mass is 10.1. The molecule has 3 nitrogen and oxygen atoms in total. The number of aryl methyl sites for hydroxylation is 3. The van der Waals surface area contributed by atoms with E-state index >= 15 is 0 Å². The average Bonchev–Trinajstić information content (AvgIpc) is 2.52. The van der Waals surface area contributed by atoms with Crippen molar-refractivity contribution >= 4 is 11.6 Å². The van der Waals surface area contributed by atoms with E-state index in [4.69, 9.17) is 4.74 Å². The maximum Gasteiger partial charge on any atom is 0.265 e. The first-order valence-corrected chi connectivity index (χ1v) is 8.16. The zero-order valence-corrected chi connectivity index (χ0v) is 14.3. The first kappa shape index (κ1) is 17.1. The van der Waals surface area contributed by atoms with Crippen molar-refractivity contribution in [3.05, 3.63) is 59.2 Å². The third kappa shape index (κ3) is 4.85. The molecule has 1 atom stereocenters. The third-order valence-electron chi connectivity index (χ3n) is 3.76. The zero-order chi connectivity index (χ0) is 16.8. The zero-order valence-electron chi connectivity index (χ0n) is 14.3. The van der Waals surface area contributed by atoms with E-state index in [9.17, 15) is 4.79 Å². The van der Waals surface area contributed by atoms with E-state index in [-0.39, 0.29) is 5.91 Å². The van der Waals surface area contributed by atoms with E-state index in [0.29, 0.717) is 6.42 Å². The second kappa shape index (κ2) is 7.82. The first-order valence-electron chi connectivity index (χ1n) is 8.16. The summed E-state index contributed by atoms with van der Waals surface area (Å²) >= 11 is 0. The van der Waals surface area contributed by atoms with Gasteiger partial charge in [0, 0.05) is 5.69 Å². The molecule has 0 aliphatic carbocycles. The topological polar surface area (TPSA) is 38.3 Å². The molecule has 0 saturated carbocycles.